The number of hydrogen-bond donors (Lipinski definition) is 2. The quantitative estimate of drug-likeness (QED) is 0.231. The maximum absolute atomic E-state index is 13.5. The van der Waals surface area contributed by atoms with Crippen molar-refractivity contribution in [3.63, 3.8) is 0 Å². The molecule has 2 amide bonds. The predicted molar refractivity (Wildman–Crippen MR) is 164 cm³/mol. The van der Waals surface area contributed by atoms with Gasteiger partial charge in [0, 0.05) is 28.8 Å². The van der Waals surface area contributed by atoms with Gasteiger partial charge in [-0.15, -0.1) is 0 Å². The Labute approximate surface area is 243 Å². The van der Waals surface area contributed by atoms with Gasteiger partial charge in [-0.3, -0.25) is 10.3 Å². The van der Waals surface area contributed by atoms with Gasteiger partial charge in [0.1, 0.15) is 18.2 Å². The van der Waals surface area contributed by atoms with E-state index in [4.69, 9.17) is 9.84 Å². The van der Waals surface area contributed by atoms with Gasteiger partial charge < -0.3 is 14.6 Å². The van der Waals surface area contributed by atoms with Gasteiger partial charge in [-0.05, 0) is 42.6 Å². The Kier molecular flexibility index (Phi) is 7.03. The van der Waals surface area contributed by atoms with Crippen LogP contribution < -0.4 is 15.4 Å². The highest BCUT2D eigenvalue weighted by atomic mass is 16.5. The molecule has 0 radical (unpaired) electrons. The van der Waals surface area contributed by atoms with Crippen LogP contribution in [0.2, 0.25) is 0 Å². The molecule has 0 saturated heterocycles. The van der Waals surface area contributed by atoms with Gasteiger partial charge in [-0.1, -0.05) is 51.1 Å². The van der Waals surface area contributed by atoms with E-state index in [0.29, 0.717) is 36.1 Å². The fourth-order valence-corrected chi connectivity index (χ4v) is 4.71. The van der Waals surface area contributed by atoms with E-state index in [9.17, 15) is 4.79 Å². The summed E-state index contributed by atoms with van der Waals surface area (Å²) in [5.41, 5.74) is 4.49. The zero-order chi connectivity index (χ0) is 29.3. The number of fused-ring (bicyclic) bond motifs is 2. The van der Waals surface area contributed by atoms with Crippen molar-refractivity contribution in [3.05, 3.63) is 96.8 Å². The molecule has 10 nitrogen and oxygen atoms in total. The number of aryl methyl sites for hydroxylation is 1. The maximum atomic E-state index is 13.5. The van der Waals surface area contributed by atoms with Gasteiger partial charge in [-0.2, -0.15) is 5.10 Å². The van der Waals surface area contributed by atoms with Crippen molar-refractivity contribution in [1.82, 2.24) is 29.3 Å². The van der Waals surface area contributed by atoms with E-state index in [1.807, 2.05) is 78.2 Å². The van der Waals surface area contributed by atoms with Crippen LogP contribution in [0.4, 0.5) is 16.3 Å². The number of carbonyl (C=O) groups is 1. The summed E-state index contributed by atoms with van der Waals surface area (Å²) in [6.07, 6.45) is 5.23. The largest absolute Gasteiger partial charge is 0.490 e. The highest BCUT2D eigenvalue weighted by molar-refractivity contribution is 6.08. The summed E-state index contributed by atoms with van der Waals surface area (Å²) in [4.78, 5) is 26.6. The molecule has 0 aliphatic heterocycles. The molecule has 0 bridgehead atoms. The van der Waals surface area contributed by atoms with Gasteiger partial charge in [-0.25, -0.2) is 19.4 Å². The standard InChI is InChI=1S/C32H32N8O2/c1-21-11-13-23(19-34-21)40-28(18-27(38-40)32(2,3)4)36-31(41)37-29-24-9-6-5-8-22(24)12-14-26(29)42-17-16-39-20-35-30-25(39)10-7-15-33-30/h5-15,18-20H,16-17H2,1-4H3,(H2,36,37,41). The molecule has 0 fully saturated rings. The van der Waals surface area contributed by atoms with E-state index in [0.717, 1.165) is 33.4 Å². The minimum absolute atomic E-state index is 0.219. The molecule has 0 spiro atoms. The molecule has 10 heteroatoms. The van der Waals surface area contributed by atoms with Crippen LogP contribution in [0.5, 0.6) is 5.75 Å². The minimum atomic E-state index is -0.412. The van der Waals surface area contributed by atoms with Crippen molar-refractivity contribution in [2.24, 2.45) is 0 Å². The highest BCUT2D eigenvalue weighted by Gasteiger charge is 2.22. The lowest BCUT2D eigenvalue weighted by molar-refractivity contribution is 0.261. The lowest BCUT2D eigenvalue weighted by Gasteiger charge is -2.16. The normalized spacial score (nSPS) is 11.6. The number of urea groups is 1. The first-order valence-corrected chi connectivity index (χ1v) is 13.8. The lowest BCUT2D eigenvalue weighted by atomic mass is 9.92. The first-order valence-electron chi connectivity index (χ1n) is 13.8. The zero-order valence-electron chi connectivity index (χ0n) is 24.0. The molecule has 4 heterocycles. The number of aromatic nitrogens is 6. The summed E-state index contributed by atoms with van der Waals surface area (Å²) in [5.74, 6) is 1.10. The summed E-state index contributed by atoms with van der Waals surface area (Å²) in [6, 6.07) is 20.9. The maximum Gasteiger partial charge on any atom is 0.324 e. The van der Waals surface area contributed by atoms with Gasteiger partial charge >= 0.3 is 6.03 Å². The molecule has 42 heavy (non-hydrogen) atoms. The van der Waals surface area contributed by atoms with Gasteiger partial charge in [0.05, 0.1) is 41.7 Å². The van der Waals surface area contributed by atoms with Crippen molar-refractivity contribution >= 4 is 39.5 Å². The van der Waals surface area contributed by atoms with Crippen molar-refractivity contribution in [1.29, 1.82) is 0 Å². The third kappa shape index (κ3) is 5.51. The van der Waals surface area contributed by atoms with Crippen LogP contribution >= 0.6 is 0 Å². The van der Waals surface area contributed by atoms with Crippen molar-refractivity contribution in [3.8, 4) is 11.4 Å². The van der Waals surface area contributed by atoms with Crippen LogP contribution in [0.1, 0.15) is 32.2 Å². The topological polar surface area (TPSA) is 112 Å². The third-order valence-corrected chi connectivity index (χ3v) is 6.97. The predicted octanol–water partition coefficient (Wildman–Crippen LogP) is 6.49. The molecule has 0 aliphatic carbocycles. The Bertz CT molecular complexity index is 1880. The second kappa shape index (κ2) is 11.0. The Morgan fingerprint density at radius 1 is 0.952 bits per heavy atom. The summed E-state index contributed by atoms with van der Waals surface area (Å²) >= 11 is 0. The first kappa shape index (κ1) is 26.9. The van der Waals surface area contributed by atoms with Crippen molar-refractivity contribution in [2.75, 3.05) is 17.2 Å². The molecule has 2 N–H and O–H groups in total. The smallest absolute Gasteiger partial charge is 0.324 e. The van der Waals surface area contributed by atoms with E-state index in [1.165, 1.54) is 0 Å². The zero-order valence-corrected chi connectivity index (χ0v) is 24.0. The van der Waals surface area contributed by atoms with E-state index >= 15 is 0 Å². The number of ether oxygens (including phenoxy) is 1. The third-order valence-electron chi connectivity index (χ3n) is 6.97. The molecule has 0 aliphatic rings. The van der Waals surface area contributed by atoms with E-state index < -0.39 is 6.03 Å². The SMILES string of the molecule is Cc1ccc(-n2nc(C(C)(C)C)cc2NC(=O)Nc2c(OCCn3cnc4ncccc43)ccc3ccccc23)cn1. The molecule has 0 saturated carbocycles. The Balaban J connectivity index is 1.26. The fraction of sp³-hybridized carbons (Fsp3) is 0.219. The van der Waals surface area contributed by atoms with E-state index in [1.54, 1.807) is 23.4 Å². The summed E-state index contributed by atoms with van der Waals surface area (Å²) < 4.78 is 9.94. The molecule has 6 aromatic rings. The second-order valence-corrected chi connectivity index (χ2v) is 11.1. The number of amides is 2. The van der Waals surface area contributed by atoms with Crippen LogP contribution in [-0.2, 0) is 12.0 Å². The summed E-state index contributed by atoms with van der Waals surface area (Å²) in [5, 5.41) is 12.7. The Morgan fingerprint density at radius 3 is 2.62 bits per heavy atom. The molecular formula is C32H32N8O2. The van der Waals surface area contributed by atoms with Crippen LogP contribution in [0.25, 0.3) is 27.6 Å². The molecule has 0 atom stereocenters. The van der Waals surface area contributed by atoms with Crippen LogP contribution in [0.15, 0.2) is 85.5 Å². The number of pyridine rings is 2. The number of hydrogen-bond acceptors (Lipinski definition) is 6. The van der Waals surface area contributed by atoms with Crippen LogP contribution in [0, 0.1) is 6.92 Å². The molecule has 2 aromatic carbocycles. The van der Waals surface area contributed by atoms with Gasteiger partial charge in [0.15, 0.2) is 5.65 Å². The van der Waals surface area contributed by atoms with Gasteiger partial charge in [0.2, 0.25) is 0 Å². The Hall–Kier alpha value is -5.25. The number of nitrogens with one attached hydrogen (secondary N) is 2. The minimum Gasteiger partial charge on any atom is -0.490 e. The summed E-state index contributed by atoms with van der Waals surface area (Å²) in [7, 11) is 0. The molecule has 212 valence electrons. The number of carbonyl (C=O) groups excluding carboxylic acids is 1. The number of anilines is 2. The van der Waals surface area contributed by atoms with Crippen molar-refractivity contribution in [2.45, 2.75) is 39.7 Å². The monoisotopic (exact) mass is 560 g/mol. The number of nitrogens with zero attached hydrogens (tertiary/aromatic N) is 6. The van der Waals surface area contributed by atoms with Crippen LogP contribution in [0.3, 0.4) is 0 Å². The fourth-order valence-electron chi connectivity index (χ4n) is 4.71. The van der Waals surface area contributed by atoms with E-state index in [-0.39, 0.29) is 5.41 Å². The Morgan fingerprint density at radius 2 is 1.81 bits per heavy atom. The molecule has 4 aromatic heterocycles. The average Bonchev–Trinajstić information content (AvgIpc) is 3.59. The van der Waals surface area contributed by atoms with E-state index in [2.05, 4.69) is 46.4 Å². The molecule has 0 unspecified atom stereocenters. The number of imidazole rings is 1. The van der Waals surface area contributed by atoms with Crippen molar-refractivity contribution < 1.29 is 9.53 Å². The highest BCUT2D eigenvalue weighted by Crippen LogP contribution is 2.34. The average molecular weight is 561 g/mol. The van der Waals surface area contributed by atoms with Gasteiger partial charge in [0.25, 0.3) is 0 Å². The second-order valence-electron chi connectivity index (χ2n) is 11.1. The number of rotatable bonds is 7. The lowest BCUT2D eigenvalue weighted by Crippen LogP contribution is -2.22. The first-order chi connectivity index (χ1) is 20.3. The molecular weight excluding hydrogens is 528 g/mol. The number of benzene rings is 2. The molecule has 6 rings (SSSR count). The summed E-state index contributed by atoms with van der Waals surface area (Å²) in [6.45, 7) is 9.12. The van der Waals surface area contributed by atoms with Crippen LogP contribution in [-0.4, -0.2) is 41.9 Å².